The van der Waals surface area contributed by atoms with Crippen molar-refractivity contribution in [3.05, 3.63) is 36.0 Å². The second kappa shape index (κ2) is 4.66. The van der Waals surface area contributed by atoms with Crippen LogP contribution in [0, 0.1) is 0 Å². The fourth-order valence-electron chi connectivity index (χ4n) is 1.75. The molecule has 0 aliphatic carbocycles. The molecule has 2 rings (SSSR count). The number of halogens is 1. The van der Waals surface area contributed by atoms with E-state index in [0.29, 0.717) is 0 Å². The Morgan fingerprint density at radius 3 is 2.80 bits per heavy atom. The minimum absolute atomic E-state index is 0. The van der Waals surface area contributed by atoms with Crippen molar-refractivity contribution < 1.29 is 5.11 Å². The fourth-order valence-corrected chi connectivity index (χ4v) is 1.75. The Morgan fingerprint density at radius 1 is 1.40 bits per heavy atom. The molecule has 0 spiro atoms. The molecule has 0 aliphatic rings. The topological polar surface area (TPSA) is 51.2 Å². The van der Waals surface area contributed by atoms with Crippen LogP contribution in [-0.4, -0.2) is 16.3 Å². The number of nitrogens with zero attached hydrogens (tertiary/aromatic N) is 1. The summed E-state index contributed by atoms with van der Waals surface area (Å²) in [6.07, 6.45) is 2.00. The maximum Gasteiger partial charge on any atom is 0.0624 e. The van der Waals surface area contributed by atoms with Gasteiger partial charge in [0.25, 0.3) is 0 Å². The van der Waals surface area contributed by atoms with Crippen molar-refractivity contribution in [1.82, 2.24) is 4.57 Å². The molecule has 1 aromatic heterocycles. The first-order valence-corrected chi connectivity index (χ1v) is 4.64. The number of hydrogen-bond donors (Lipinski definition) is 2. The predicted octanol–water partition coefficient (Wildman–Crippen LogP) is 1.59. The fraction of sp³-hybridized carbons (Fsp3) is 0.273. The van der Waals surface area contributed by atoms with Crippen LogP contribution >= 0.6 is 12.4 Å². The number of benzene rings is 1. The van der Waals surface area contributed by atoms with Gasteiger partial charge in [0.15, 0.2) is 0 Å². The highest BCUT2D eigenvalue weighted by Crippen LogP contribution is 2.23. The van der Waals surface area contributed by atoms with Gasteiger partial charge in [0.2, 0.25) is 0 Å². The molecule has 0 saturated carbocycles. The van der Waals surface area contributed by atoms with Crippen LogP contribution in [0.5, 0.6) is 0 Å². The van der Waals surface area contributed by atoms with Gasteiger partial charge in [-0.25, -0.2) is 0 Å². The highest BCUT2D eigenvalue weighted by atomic mass is 35.5. The van der Waals surface area contributed by atoms with E-state index in [9.17, 15) is 0 Å². The van der Waals surface area contributed by atoms with E-state index < -0.39 is 0 Å². The molecule has 0 aliphatic heterocycles. The molecule has 4 heteroatoms. The Labute approximate surface area is 94.9 Å². The molecular formula is C11H15ClN2O. The summed E-state index contributed by atoms with van der Waals surface area (Å²) in [5.74, 6) is 0. The lowest BCUT2D eigenvalue weighted by molar-refractivity contribution is 0.268. The van der Waals surface area contributed by atoms with Crippen LogP contribution in [0.2, 0.25) is 0 Å². The smallest absolute Gasteiger partial charge is 0.0624 e. The van der Waals surface area contributed by atoms with Gasteiger partial charge >= 0.3 is 0 Å². The Balaban J connectivity index is 0.00000112. The van der Waals surface area contributed by atoms with Crippen molar-refractivity contribution in [1.29, 1.82) is 0 Å². The summed E-state index contributed by atoms with van der Waals surface area (Å²) in [4.78, 5) is 0. The van der Waals surface area contributed by atoms with Gasteiger partial charge in [-0.2, -0.15) is 0 Å². The number of aryl methyl sites for hydroxylation is 1. The first-order valence-electron chi connectivity index (χ1n) is 4.64. The molecule has 0 bridgehead atoms. The number of fused-ring (bicyclic) bond motifs is 1. The monoisotopic (exact) mass is 226 g/mol. The van der Waals surface area contributed by atoms with E-state index in [2.05, 4.69) is 0 Å². The van der Waals surface area contributed by atoms with E-state index >= 15 is 0 Å². The summed E-state index contributed by atoms with van der Waals surface area (Å²) < 4.78 is 2.04. The number of aromatic nitrogens is 1. The van der Waals surface area contributed by atoms with E-state index in [1.807, 2.05) is 42.1 Å². The normalized spacial score (nSPS) is 12.5. The molecule has 1 heterocycles. The first-order chi connectivity index (χ1) is 6.74. The first kappa shape index (κ1) is 12.0. The maximum atomic E-state index is 9.02. The molecule has 82 valence electrons. The SMILES string of the molecule is Cl.Cn1ccc2c([C@H](N)CO)cccc21. The summed E-state index contributed by atoms with van der Waals surface area (Å²) in [6.45, 7) is -0.0198. The summed E-state index contributed by atoms with van der Waals surface area (Å²) in [5, 5.41) is 10.1. The number of hydrogen-bond acceptors (Lipinski definition) is 2. The van der Waals surface area contributed by atoms with E-state index in [1.54, 1.807) is 0 Å². The molecule has 0 saturated heterocycles. The molecule has 0 amide bonds. The lowest BCUT2D eigenvalue weighted by Gasteiger charge is -2.09. The van der Waals surface area contributed by atoms with Gasteiger partial charge in [0.1, 0.15) is 0 Å². The molecule has 3 nitrogen and oxygen atoms in total. The Hall–Kier alpha value is -1.03. The van der Waals surface area contributed by atoms with Crippen molar-refractivity contribution in [2.24, 2.45) is 12.8 Å². The van der Waals surface area contributed by atoms with Crippen LogP contribution in [0.4, 0.5) is 0 Å². The predicted molar refractivity (Wildman–Crippen MR) is 64.2 cm³/mol. The van der Waals surface area contributed by atoms with Crippen molar-refractivity contribution >= 4 is 23.3 Å². The molecule has 15 heavy (non-hydrogen) atoms. The average molecular weight is 227 g/mol. The number of aliphatic hydroxyl groups excluding tert-OH is 1. The molecule has 2 aromatic rings. The molecular weight excluding hydrogens is 212 g/mol. The van der Waals surface area contributed by atoms with Crippen LogP contribution < -0.4 is 5.73 Å². The van der Waals surface area contributed by atoms with Crippen LogP contribution in [0.3, 0.4) is 0 Å². The number of nitrogens with two attached hydrogens (primary N) is 1. The molecule has 0 radical (unpaired) electrons. The van der Waals surface area contributed by atoms with Gasteiger partial charge in [0, 0.05) is 24.1 Å². The van der Waals surface area contributed by atoms with Crippen LogP contribution in [0.15, 0.2) is 30.5 Å². The Bertz CT molecular complexity index is 453. The summed E-state index contributed by atoms with van der Waals surface area (Å²) in [7, 11) is 2.00. The lowest BCUT2D eigenvalue weighted by Crippen LogP contribution is -2.14. The second-order valence-electron chi connectivity index (χ2n) is 3.50. The van der Waals surface area contributed by atoms with E-state index in [4.69, 9.17) is 10.8 Å². The van der Waals surface area contributed by atoms with Crippen molar-refractivity contribution in [2.45, 2.75) is 6.04 Å². The zero-order chi connectivity index (χ0) is 10.1. The van der Waals surface area contributed by atoms with Gasteiger partial charge in [-0.1, -0.05) is 12.1 Å². The van der Waals surface area contributed by atoms with Gasteiger partial charge in [-0.05, 0) is 17.7 Å². The Morgan fingerprint density at radius 2 is 2.13 bits per heavy atom. The lowest BCUT2D eigenvalue weighted by atomic mass is 10.0. The quantitative estimate of drug-likeness (QED) is 0.817. The number of aliphatic hydroxyl groups is 1. The second-order valence-corrected chi connectivity index (χ2v) is 3.50. The third kappa shape index (κ3) is 2.00. The Kier molecular flexibility index (Phi) is 3.74. The molecule has 1 atom stereocenters. The van der Waals surface area contributed by atoms with Crippen LogP contribution in [0.1, 0.15) is 11.6 Å². The minimum atomic E-state index is -0.291. The van der Waals surface area contributed by atoms with Crippen molar-refractivity contribution in [3.63, 3.8) is 0 Å². The summed E-state index contributed by atoms with van der Waals surface area (Å²) >= 11 is 0. The van der Waals surface area contributed by atoms with Crippen LogP contribution in [0.25, 0.3) is 10.9 Å². The third-order valence-electron chi connectivity index (χ3n) is 2.56. The third-order valence-corrected chi connectivity index (χ3v) is 2.56. The average Bonchev–Trinajstić information content (AvgIpc) is 2.59. The highest BCUT2D eigenvalue weighted by molar-refractivity contribution is 5.85. The van der Waals surface area contributed by atoms with Gasteiger partial charge in [0.05, 0.1) is 12.6 Å². The van der Waals surface area contributed by atoms with E-state index in [-0.39, 0.29) is 25.1 Å². The molecule has 3 N–H and O–H groups in total. The standard InChI is InChI=1S/C11H14N2O.ClH/c1-13-6-5-9-8(10(12)7-14)3-2-4-11(9)13;/h2-6,10,14H,7,12H2,1H3;1H/t10-;/m1./s1. The summed E-state index contributed by atoms with van der Waals surface area (Å²) in [5.41, 5.74) is 7.96. The molecule has 0 fully saturated rings. The van der Waals surface area contributed by atoms with Gasteiger partial charge in [-0.15, -0.1) is 12.4 Å². The maximum absolute atomic E-state index is 9.02. The minimum Gasteiger partial charge on any atom is -0.394 e. The zero-order valence-corrected chi connectivity index (χ0v) is 9.37. The van der Waals surface area contributed by atoms with E-state index in [0.717, 1.165) is 16.5 Å². The van der Waals surface area contributed by atoms with Crippen LogP contribution in [-0.2, 0) is 7.05 Å². The van der Waals surface area contributed by atoms with Crippen molar-refractivity contribution in [3.8, 4) is 0 Å². The largest absolute Gasteiger partial charge is 0.394 e. The van der Waals surface area contributed by atoms with Gasteiger partial charge in [-0.3, -0.25) is 0 Å². The van der Waals surface area contributed by atoms with Crippen molar-refractivity contribution in [2.75, 3.05) is 6.61 Å². The van der Waals surface area contributed by atoms with Gasteiger partial charge < -0.3 is 15.4 Å². The number of rotatable bonds is 2. The molecule has 1 aromatic carbocycles. The van der Waals surface area contributed by atoms with E-state index in [1.165, 1.54) is 0 Å². The zero-order valence-electron chi connectivity index (χ0n) is 8.55. The molecule has 0 unspecified atom stereocenters. The summed E-state index contributed by atoms with van der Waals surface area (Å²) in [6, 6.07) is 7.71. The highest BCUT2D eigenvalue weighted by Gasteiger charge is 2.09.